The van der Waals surface area contributed by atoms with Gasteiger partial charge in [0.25, 0.3) is 5.91 Å². The predicted molar refractivity (Wildman–Crippen MR) is 96.6 cm³/mol. The summed E-state index contributed by atoms with van der Waals surface area (Å²) in [5, 5.41) is 4.26. The summed E-state index contributed by atoms with van der Waals surface area (Å²) in [5.74, 6) is 1.02. The van der Waals surface area contributed by atoms with Crippen LogP contribution in [0.15, 0.2) is 28.9 Å². The molecule has 0 aliphatic heterocycles. The Hall–Kier alpha value is -1.29. The highest BCUT2D eigenvalue weighted by Gasteiger charge is 2.40. The van der Waals surface area contributed by atoms with E-state index in [1.165, 1.54) is 38.5 Å². The van der Waals surface area contributed by atoms with Gasteiger partial charge in [0, 0.05) is 35.2 Å². The molecule has 0 spiro atoms. The minimum absolute atomic E-state index is 0.0598. The highest BCUT2D eigenvalue weighted by Crippen LogP contribution is 2.49. The topological polar surface area (TPSA) is 34.0 Å². The number of halogens is 1. The molecule has 4 heteroatoms. The zero-order valence-corrected chi connectivity index (χ0v) is 15.2. The summed E-state index contributed by atoms with van der Waals surface area (Å²) in [6, 6.07) is 6.06. The van der Waals surface area contributed by atoms with E-state index in [9.17, 15) is 4.79 Å². The first kappa shape index (κ1) is 15.3. The fraction of sp³-hybridized carbons (Fsp3) is 0.526. The Bertz CT molecular complexity index is 742. The van der Waals surface area contributed by atoms with Crippen LogP contribution in [0.25, 0.3) is 10.9 Å². The number of nitrogens with one attached hydrogen (secondary N) is 1. The number of hydrogen-bond acceptors (Lipinski definition) is 1. The summed E-state index contributed by atoms with van der Waals surface area (Å²) in [6.07, 6.45) is 9.88. The maximum absolute atomic E-state index is 12.8. The minimum Gasteiger partial charge on any atom is -0.351 e. The van der Waals surface area contributed by atoms with Crippen LogP contribution in [-0.4, -0.2) is 17.0 Å². The number of nitrogens with zero attached hydrogens (tertiary/aromatic N) is 1. The third-order valence-corrected chi connectivity index (χ3v) is 6.74. The first-order valence-electron chi connectivity index (χ1n) is 8.60. The average molecular weight is 375 g/mol. The van der Waals surface area contributed by atoms with E-state index in [0.717, 1.165) is 33.4 Å². The number of carbonyl (C=O) groups is 1. The molecule has 0 radical (unpaired) electrons. The Balaban J connectivity index is 1.56. The maximum atomic E-state index is 12.8. The van der Waals surface area contributed by atoms with Gasteiger partial charge in [0.2, 0.25) is 0 Å². The second-order valence-corrected chi connectivity index (χ2v) is 8.31. The molecule has 23 heavy (non-hydrogen) atoms. The van der Waals surface area contributed by atoms with Gasteiger partial charge in [0.05, 0.1) is 5.56 Å². The van der Waals surface area contributed by atoms with Gasteiger partial charge in [0.1, 0.15) is 0 Å². The summed E-state index contributed by atoms with van der Waals surface area (Å²) >= 11 is 3.59. The Morgan fingerprint density at radius 2 is 2.00 bits per heavy atom. The number of aromatic nitrogens is 1. The average Bonchev–Trinajstić information content (AvgIpc) is 2.93. The summed E-state index contributed by atoms with van der Waals surface area (Å²) < 4.78 is 3.01. The first-order valence-corrected chi connectivity index (χ1v) is 9.39. The van der Waals surface area contributed by atoms with Gasteiger partial charge in [-0.1, -0.05) is 22.0 Å². The quantitative estimate of drug-likeness (QED) is 0.833. The SMILES string of the molecule is Cn1cc(C(=O)NCC23CCC(CC2)CC3)c2c(Br)cccc21. The van der Waals surface area contributed by atoms with Crippen LogP contribution in [0.2, 0.25) is 0 Å². The molecule has 2 bridgehead atoms. The van der Waals surface area contributed by atoms with Crippen LogP contribution < -0.4 is 5.32 Å². The van der Waals surface area contributed by atoms with Gasteiger partial charge in [0.15, 0.2) is 0 Å². The highest BCUT2D eigenvalue weighted by molar-refractivity contribution is 9.10. The number of rotatable bonds is 3. The lowest BCUT2D eigenvalue weighted by Gasteiger charge is -2.46. The van der Waals surface area contributed by atoms with E-state index in [4.69, 9.17) is 0 Å². The van der Waals surface area contributed by atoms with Gasteiger partial charge in [-0.05, 0) is 62.0 Å². The molecular formula is C19H23BrN2O. The van der Waals surface area contributed by atoms with E-state index < -0.39 is 0 Å². The minimum atomic E-state index is 0.0598. The van der Waals surface area contributed by atoms with Crippen LogP contribution in [-0.2, 0) is 7.05 Å². The van der Waals surface area contributed by atoms with Crippen molar-refractivity contribution in [3.63, 3.8) is 0 Å². The molecule has 3 aliphatic carbocycles. The third kappa shape index (κ3) is 2.61. The lowest BCUT2D eigenvalue weighted by Crippen LogP contribution is -2.43. The third-order valence-electron chi connectivity index (χ3n) is 6.08. The molecule has 5 rings (SSSR count). The number of fused-ring (bicyclic) bond motifs is 4. The Kier molecular flexibility index (Phi) is 3.75. The van der Waals surface area contributed by atoms with Crippen LogP contribution in [0, 0.1) is 11.3 Å². The van der Waals surface area contributed by atoms with Crippen molar-refractivity contribution >= 4 is 32.7 Å². The lowest BCUT2D eigenvalue weighted by atomic mass is 9.61. The summed E-state index contributed by atoms with van der Waals surface area (Å²) in [5.41, 5.74) is 2.23. The van der Waals surface area contributed by atoms with Crippen LogP contribution in [0.5, 0.6) is 0 Å². The molecular weight excluding hydrogens is 352 g/mol. The second kappa shape index (κ2) is 5.66. The van der Waals surface area contributed by atoms with Crippen molar-refractivity contribution in [3.8, 4) is 0 Å². The highest BCUT2D eigenvalue weighted by atomic mass is 79.9. The molecule has 3 nitrogen and oxygen atoms in total. The van der Waals surface area contributed by atoms with Crippen molar-refractivity contribution in [2.45, 2.75) is 38.5 Å². The summed E-state index contributed by atoms with van der Waals surface area (Å²) in [6.45, 7) is 0.833. The largest absolute Gasteiger partial charge is 0.351 e. The van der Waals surface area contributed by atoms with Gasteiger partial charge in [-0.2, -0.15) is 0 Å². The van der Waals surface area contributed by atoms with E-state index in [-0.39, 0.29) is 5.91 Å². The lowest BCUT2D eigenvalue weighted by molar-refractivity contribution is 0.0598. The molecule has 0 atom stereocenters. The molecule has 1 aromatic heterocycles. The van der Waals surface area contributed by atoms with Gasteiger partial charge in [-0.15, -0.1) is 0 Å². The fourth-order valence-electron chi connectivity index (χ4n) is 4.54. The number of benzene rings is 1. The van der Waals surface area contributed by atoms with Crippen LogP contribution >= 0.6 is 15.9 Å². The van der Waals surface area contributed by atoms with E-state index >= 15 is 0 Å². The van der Waals surface area contributed by atoms with Crippen molar-refractivity contribution in [2.24, 2.45) is 18.4 Å². The fourth-order valence-corrected chi connectivity index (χ4v) is 5.11. The van der Waals surface area contributed by atoms with Crippen molar-refractivity contribution < 1.29 is 4.79 Å². The predicted octanol–water partition coefficient (Wildman–Crippen LogP) is 4.64. The molecule has 1 amide bonds. The zero-order valence-electron chi connectivity index (χ0n) is 13.6. The molecule has 3 fully saturated rings. The van der Waals surface area contributed by atoms with Crippen LogP contribution in [0.3, 0.4) is 0 Å². The Morgan fingerprint density at radius 1 is 1.30 bits per heavy atom. The van der Waals surface area contributed by atoms with E-state index in [1.807, 2.05) is 29.9 Å². The van der Waals surface area contributed by atoms with Gasteiger partial charge < -0.3 is 9.88 Å². The van der Waals surface area contributed by atoms with Crippen molar-refractivity contribution in [1.29, 1.82) is 0 Å². The number of amides is 1. The van der Waals surface area contributed by atoms with Gasteiger partial charge in [-0.25, -0.2) is 0 Å². The van der Waals surface area contributed by atoms with Gasteiger partial charge in [-0.3, -0.25) is 4.79 Å². The summed E-state index contributed by atoms with van der Waals surface area (Å²) in [4.78, 5) is 12.8. The standard InChI is InChI=1S/C19H23BrN2O/c1-22-11-14(17-15(20)3-2-4-16(17)22)18(23)21-12-19-8-5-13(6-9-19)7-10-19/h2-4,11,13H,5-10,12H2,1H3,(H,21,23). The molecule has 2 aromatic rings. The van der Waals surface area contributed by atoms with E-state index in [2.05, 4.69) is 27.3 Å². The Morgan fingerprint density at radius 3 is 2.70 bits per heavy atom. The maximum Gasteiger partial charge on any atom is 0.253 e. The summed E-state index contributed by atoms with van der Waals surface area (Å²) in [7, 11) is 1.99. The van der Waals surface area contributed by atoms with Crippen molar-refractivity contribution in [3.05, 3.63) is 34.4 Å². The molecule has 0 unspecified atom stereocenters. The molecule has 122 valence electrons. The van der Waals surface area contributed by atoms with Crippen molar-refractivity contribution in [1.82, 2.24) is 9.88 Å². The first-order chi connectivity index (χ1) is 11.1. The van der Waals surface area contributed by atoms with Crippen molar-refractivity contribution in [2.75, 3.05) is 6.54 Å². The molecule has 3 saturated carbocycles. The molecule has 1 N–H and O–H groups in total. The van der Waals surface area contributed by atoms with Crippen LogP contribution in [0.1, 0.15) is 48.9 Å². The number of carbonyl (C=O) groups excluding carboxylic acids is 1. The normalized spacial score (nSPS) is 26.6. The molecule has 3 aliphatic rings. The number of aryl methyl sites for hydroxylation is 1. The Labute approximate surface area is 145 Å². The second-order valence-electron chi connectivity index (χ2n) is 7.45. The van der Waals surface area contributed by atoms with E-state index in [1.54, 1.807) is 0 Å². The molecule has 0 saturated heterocycles. The number of hydrogen-bond donors (Lipinski definition) is 1. The van der Waals surface area contributed by atoms with E-state index in [0.29, 0.717) is 5.41 Å². The zero-order chi connectivity index (χ0) is 16.0. The monoisotopic (exact) mass is 374 g/mol. The molecule has 1 aromatic carbocycles. The van der Waals surface area contributed by atoms with Crippen LogP contribution in [0.4, 0.5) is 0 Å². The van der Waals surface area contributed by atoms with Gasteiger partial charge >= 0.3 is 0 Å². The smallest absolute Gasteiger partial charge is 0.253 e. The molecule has 1 heterocycles.